The molecule has 14 heavy (non-hydrogen) atoms. The van der Waals surface area contributed by atoms with Crippen molar-refractivity contribution in [3.8, 4) is 5.75 Å². The Morgan fingerprint density at radius 1 is 1.36 bits per heavy atom. The van der Waals surface area contributed by atoms with E-state index in [0.29, 0.717) is 0 Å². The second-order valence-electron chi connectivity index (χ2n) is 3.37. The molecule has 0 radical (unpaired) electrons. The molecule has 0 unspecified atom stereocenters. The Hall–Kier alpha value is -1.16. The fourth-order valence-electron chi connectivity index (χ4n) is 1.49. The van der Waals surface area contributed by atoms with Gasteiger partial charge in [-0.2, -0.15) is 4.39 Å². The van der Waals surface area contributed by atoms with Crippen LogP contribution in [0.3, 0.4) is 0 Å². The lowest BCUT2D eigenvalue weighted by molar-refractivity contribution is 0.367. The summed E-state index contributed by atoms with van der Waals surface area (Å²) in [5.74, 6) is -1.50. The van der Waals surface area contributed by atoms with E-state index in [-0.39, 0.29) is 11.7 Å². The minimum Gasteiger partial charge on any atom is -0.494 e. The monoisotopic (exact) mass is 199 g/mol. The van der Waals surface area contributed by atoms with Gasteiger partial charge in [-0.3, -0.25) is 0 Å². The Balaban J connectivity index is 2.37. The third kappa shape index (κ3) is 1.46. The topological polar surface area (TPSA) is 21.3 Å². The number of hydrogen-bond donors (Lipinski definition) is 1. The van der Waals surface area contributed by atoms with Crippen LogP contribution in [0.2, 0.25) is 0 Å². The average Bonchev–Trinajstić information content (AvgIpc) is 2.08. The molecule has 76 valence electrons. The van der Waals surface area contributed by atoms with Gasteiger partial charge in [-0.05, 0) is 17.7 Å². The first-order chi connectivity index (χ1) is 6.72. The van der Waals surface area contributed by atoms with Crippen molar-refractivity contribution in [2.45, 2.75) is 5.92 Å². The highest BCUT2D eigenvalue weighted by Crippen LogP contribution is 2.28. The SMILES string of the molecule is COc1cc(C2CNC2)cc(F)c1F. The Kier molecular flexibility index (Phi) is 2.37. The maximum absolute atomic E-state index is 13.1. The molecule has 0 spiro atoms. The molecule has 1 aliphatic heterocycles. The van der Waals surface area contributed by atoms with Gasteiger partial charge in [0.15, 0.2) is 11.6 Å². The zero-order valence-electron chi connectivity index (χ0n) is 7.81. The molecule has 1 aromatic rings. The van der Waals surface area contributed by atoms with E-state index >= 15 is 0 Å². The largest absolute Gasteiger partial charge is 0.494 e. The van der Waals surface area contributed by atoms with Gasteiger partial charge in [0, 0.05) is 19.0 Å². The number of hydrogen-bond acceptors (Lipinski definition) is 2. The van der Waals surface area contributed by atoms with Crippen LogP contribution in [0, 0.1) is 11.6 Å². The van der Waals surface area contributed by atoms with Gasteiger partial charge in [0.05, 0.1) is 7.11 Å². The van der Waals surface area contributed by atoms with E-state index in [9.17, 15) is 8.78 Å². The maximum Gasteiger partial charge on any atom is 0.200 e. The summed E-state index contributed by atoms with van der Waals surface area (Å²) >= 11 is 0. The molecule has 2 nitrogen and oxygen atoms in total. The third-order valence-corrected chi connectivity index (χ3v) is 2.49. The first kappa shape index (κ1) is 9.40. The normalized spacial score (nSPS) is 16.5. The van der Waals surface area contributed by atoms with Crippen molar-refractivity contribution in [3.05, 3.63) is 29.3 Å². The predicted molar refractivity (Wildman–Crippen MR) is 48.5 cm³/mol. The van der Waals surface area contributed by atoms with Crippen molar-refractivity contribution >= 4 is 0 Å². The number of methoxy groups -OCH3 is 1. The molecule has 1 heterocycles. The summed E-state index contributed by atoms with van der Waals surface area (Å²) < 4.78 is 30.9. The second-order valence-corrected chi connectivity index (χ2v) is 3.37. The molecule has 0 saturated carbocycles. The lowest BCUT2D eigenvalue weighted by atomic mass is 9.93. The molecule has 0 aliphatic carbocycles. The first-order valence-electron chi connectivity index (χ1n) is 4.46. The van der Waals surface area contributed by atoms with Crippen LogP contribution in [-0.2, 0) is 0 Å². The van der Waals surface area contributed by atoms with Gasteiger partial charge in [-0.25, -0.2) is 4.39 Å². The molecule has 0 atom stereocenters. The highest BCUT2D eigenvalue weighted by atomic mass is 19.2. The molecular formula is C10H11F2NO. The fourth-order valence-corrected chi connectivity index (χ4v) is 1.49. The van der Waals surface area contributed by atoms with Crippen molar-refractivity contribution in [2.75, 3.05) is 20.2 Å². The van der Waals surface area contributed by atoms with Crippen molar-refractivity contribution in [1.82, 2.24) is 5.32 Å². The van der Waals surface area contributed by atoms with Crippen molar-refractivity contribution in [1.29, 1.82) is 0 Å². The van der Waals surface area contributed by atoms with Crippen LogP contribution in [-0.4, -0.2) is 20.2 Å². The van der Waals surface area contributed by atoms with E-state index in [1.54, 1.807) is 6.07 Å². The summed E-state index contributed by atoms with van der Waals surface area (Å²) in [7, 11) is 1.33. The lowest BCUT2D eigenvalue weighted by Crippen LogP contribution is -2.39. The molecular weight excluding hydrogens is 188 g/mol. The first-order valence-corrected chi connectivity index (χ1v) is 4.46. The average molecular weight is 199 g/mol. The highest BCUT2D eigenvalue weighted by molar-refractivity contribution is 5.34. The van der Waals surface area contributed by atoms with Crippen LogP contribution >= 0.6 is 0 Å². The van der Waals surface area contributed by atoms with Gasteiger partial charge in [-0.15, -0.1) is 0 Å². The molecule has 1 fully saturated rings. The number of rotatable bonds is 2. The smallest absolute Gasteiger partial charge is 0.200 e. The zero-order valence-corrected chi connectivity index (χ0v) is 7.81. The molecule has 1 aliphatic rings. The van der Waals surface area contributed by atoms with Gasteiger partial charge >= 0.3 is 0 Å². The summed E-state index contributed by atoms with van der Waals surface area (Å²) in [6.07, 6.45) is 0. The standard InChI is InChI=1S/C10H11F2NO/c1-14-9-3-6(7-4-13-5-7)2-8(11)10(9)12/h2-3,7,13H,4-5H2,1H3. The maximum atomic E-state index is 13.1. The van der Waals surface area contributed by atoms with E-state index in [2.05, 4.69) is 5.32 Å². The van der Waals surface area contributed by atoms with E-state index < -0.39 is 11.6 Å². The Morgan fingerprint density at radius 3 is 2.57 bits per heavy atom. The van der Waals surface area contributed by atoms with Crippen LogP contribution in [0.25, 0.3) is 0 Å². The van der Waals surface area contributed by atoms with Gasteiger partial charge < -0.3 is 10.1 Å². The molecule has 0 aromatic heterocycles. The molecule has 1 N–H and O–H groups in total. The Morgan fingerprint density at radius 2 is 2.07 bits per heavy atom. The zero-order chi connectivity index (χ0) is 10.1. The summed E-state index contributed by atoms with van der Waals surface area (Å²) in [4.78, 5) is 0. The van der Waals surface area contributed by atoms with E-state index in [4.69, 9.17) is 4.74 Å². The van der Waals surface area contributed by atoms with Gasteiger partial charge in [0.2, 0.25) is 5.82 Å². The van der Waals surface area contributed by atoms with Crippen molar-refractivity contribution in [3.63, 3.8) is 0 Å². The third-order valence-electron chi connectivity index (χ3n) is 2.49. The van der Waals surface area contributed by atoms with Gasteiger partial charge in [0.25, 0.3) is 0 Å². The van der Waals surface area contributed by atoms with Crippen LogP contribution in [0.4, 0.5) is 8.78 Å². The van der Waals surface area contributed by atoms with Crippen molar-refractivity contribution in [2.24, 2.45) is 0 Å². The van der Waals surface area contributed by atoms with Crippen LogP contribution < -0.4 is 10.1 Å². The van der Waals surface area contributed by atoms with Crippen LogP contribution in [0.5, 0.6) is 5.75 Å². The minimum atomic E-state index is -0.913. The molecule has 4 heteroatoms. The predicted octanol–water partition coefficient (Wildman–Crippen LogP) is 1.66. The summed E-state index contributed by atoms with van der Waals surface area (Å²) in [5, 5.41) is 3.07. The van der Waals surface area contributed by atoms with E-state index in [1.165, 1.54) is 13.2 Å². The Labute approximate surface area is 80.9 Å². The van der Waals surface area contributed by atoms with E-state index in [1.807, 2.05) is 0 Å². The molecule has 1 saturated heterocycles. The summed E-state index contributed by atoms with van der Waals surface area (Å²) in [5.41, 5.74) is 0.791. The number of ether oxygens (including phenoxy) is 1. The molecule has 0 bridgehead atoms. The van der Waals surface area contributed by atoms with Crippen molar-refractivity contribution < 1.29 is 13.5 Å². The quantitative estimate of drug-likeness (QED) is 0.782. The van der Waals surface area contributed by atoms with Gasteiger partial charge in [0.1, 0.15) is 0 Å². The summed E-state index contributed by atoms with van der Waals surface area (Å²) in [6.45, 7) is 1.63. The van der Waals surface area contributed by atoms with Crippen LogP contribution in [0.1, 0.15) is 11.5 Å². The highest BCUT2D eigenvalue weighted by Gasteiger charge is 2.22. The Bertz CT molecular complexity index is 350. The second kappa shape index (κ2) is 3.53. The van der Waals surface area contributed by atoms with Crippen LogP contribution in [0.15, 0.2) is 12.1 Å². The van der Waals surface area contributed by atoms with E-state index in [0.717, 1.165) is 18.7 Å². The minimum absolute atomic E-state index is 0.0214. The number of nitrogens with one attached hydrogen (secondary N) is 1. The molecule has 1 aromatic carbocycles. The number of benzene rings is 1. The fraction of sp³-hybridized carbons (Fsp3) is 0.400. The number of halogens is 2. The molecule has 2 rings (SSSR count). The molecule has 0 amide bonds. The summed E-state index contributed by atoms with van der Waals surface area (Å²) in [6, 6.07) is 2.80. The lowest BCUT2D eigenvalue weighted by Gasteiger charge is -2.27. The van der Waals surface area contributed by atoms with Gasteiger partial charge in [-0.1, -0.05) is 0 Å².